The van der Waals surface area contributed by atoms with Crippen molar-refractivity contribution in [1.29, 1.82) is 0 Å². The molecular weight excluding hydrogens is 406 g/mol. The number of nitrogens with two attached hydrogens (primary N) is 1. The number of aryl methyl sites for hydroxylation is 1. The monoisotopic (exact) mass is 433 g/mol. The molecule has 30 heavy (non-hydrogen) atoms. The zero-order valence-corrected chi connectivity index (χ0v) is 18.1. The van der Waals surface area contributed by atoms with Crippen LogP contribution in [0.3, 0.4) is 0 Å². The van der Waals surface area contributed by atoms with Crippen LogP contribution in [0.4, 0.5) is 5.82 Å². The summed E-state index contributed by atoms with van der Waals surface area (Å²) in [5.74, 6) is 0.00397. The molecule has 162 valence electrons. The lowest BCUT2D eigenvalue weighted by molar-refractivity contribution is -0.126. The Kier molecular flexibility index (Phi) is 8.04. The third kappa shape index (κ3) is 7.21. The molecule has 2 aromatic rings. The van der Waals surface area contributed by atoms with Crippen LogP contribution in [-0.4, -0.2) is 56.3 Å². The lowest BCUT2D eigenvalue weighted by Crippen LogP contribution is -2.46. The summed E-state index contributed by atoms with van der Waals surface area (Å²) in [6.07, 6.45) is 0.534. The first-order valence-electron chi connectivity index (χ1n) is 9.39. The predicted molar refractivity (Wildman–Crippen MR) is 114 cm³/mol. The molecule has 1 heterocycles. The molecule has 4 N–H and O–H groups in total. The van der Waals surface area contributed by atoms with Gasteiger partial charge in [-0.2, -0.15) is 0 Å². The SMILES string of the molecule is Cc1cccc(NC(=O)CN(C)C(C)C(=O)NCCc2ccc(S(N)(=O)=O)cc2)n1. The molecule has 0 saturated carbocycles. The average molecular weight is 434 g/mol. The highest BCUT2D eigenvalue weighted by Crippen LogP contribution is 2.09. The first kappa shape index (κ1) is 23.5. The number of rotatable bonds is 9. The molecule has 2 rings (SSSR count). The van der Waals surface area contributed by atoms with E-state index in [-0.39, 0.29) is 23.3 Å². The van der Waals surface area contributed by atoms with Gasteiger partial charge in [0.25, 0.3) is 0 Å². The van der Waals surface area contributed by atoms with Gasteiger partial charge in [-0.15, -0.1) is 0 Å². The van der Waals surface area contributed by atoms with Crippen molar-refractivity contribution >= 4 is 27.7 Å². The minimum atomic E-state index is -3.72. The number of hydrogen-bond donors (Lipinski definition) is 3. The number of carbonyl (C=O) groups excluding carboxylic acids is 2. The van der Waals surface area contributed by atoms with Crippen LogP contribution < -0.4 is 15.8 Å². The number of nitrogens with one attached hydrogen (secondary N) is 2. The van der Waals surface area contributed by atoms with Gasteiger partial charge >= 0.3 is 0 Å². The number of benzene rings is 1. The lowest BCUT2D eigenvalue weighted by atomic mass is 10.1. The minimum absolute atomic E-state index is 0.0409. The molecule has 0 aliphatic heterocycles. The van der Waals surface area contributed by atoms with Gasteiger partial charge in [-0.3, -0.25) is 14.5 Å². The maximum atomic E-state index is 12.4. The van der Waals surface area contributed by atoms with E-state index in [0.717, 1.165) is 11.3 Å². The standard InChI is InChI=1S/C20H27N5O4S/c1-14-5-4-6-18(23-14)24-19(26)13-25(3)15(2)20(27)22-12-11-16-7-9-17(10-8-16)30(21,28)29/h4-10,15H,11-13H2,1-3H3,(H,22,27)(H2,21,28,29)(H,23,24,26). The van der Waals surface area contributed by atoms with Crippen molar-refractivity contribution in [2.45, 2.75) is 31.2 Å². The number of hydrogen-bond acceptors (Lipinski definition) is 6. The Morgan fingerprint density at radius 2 is 1.83 bits per heavy atom. The maximum absolute atomic E-state index is 12.4. The zero-order chi connectivity index (χ0) is 22.3. The van der Waals surface area contributed by atoms with Crippen molar-refractivity contribution in [3.63, 3.8) is 0 Å². The number of pyridine rings is 1. The highest BCUT2D eigenvalue weighted by molar-refractivity contribution is 7.89. The minimum Gasteiger partial charge on any atom is -0.354 e. The number of anilines is 1. The highest BCUT2D eigenvalue weighted by Gasteiger charge is 2.20. The van der Waals surface area contributed by atoms with Gasteiger partial charge in [-0.05, 0) is 57.1 Å². The maximum Gasteiger partial charge on any atom is 0.239 e. The van der Waals surface area contributed by atoms with Gasteiger partial charge in [0.2, 0.25) is 21.8 Å². The second kappa shape index (κ2) is 10.3. The summed E-state index contributed by atoms with van der Waals surface area (Å²) >= 11 is 0. The molecule has 0 bridgehead atoms. The van der Waals surface area contributed by atoms with Gasteiger partial charge in [-0.25, -0.2) is 18.5 Å². The molecule has 0 aliphatic carbocycles. The van der Waals surface area contributed by atoms with Crippen molar-refractivity contribution in [2.75, 3.05) is 25.5 Å². The first-order valence-corrected chi connectivity index (χ1v) is 10.9. The first-order chi connectivity index (χ1) is 14.1. The lowest BCUT2D eigenvalue weighted by Gasteiger charge is -2.23. The van der Waals surface area contributed by atoms with E-state index in [1.807, 2.05) is 13.0 Å². The van der Waals surface area contributed by atoms with Crippen LogP contribution >= 0.6 is 0 Å². The van der Waals surface area contributed by atoms with E-state index in [1.165, 1.54) is 12.1 Å². The number of aromatic nitrogens is 1. The number of likely N-dealkylation sites (N-methyl/N-ethyl adjacent to an activating group) is 1. The van der Waals surface area contributed by atoms with Crippen molar-refractivity contribution in [1.82, 2.24) is 15.2 Å². The number of amides is 2. The van der Waals surface area contributed by atoms with Gasteiger partial charge in [0, 0.05) is 12.2 Å². The average Bonchev–Trinajstić information content (AvgIpc) is 2.66. The Morgan fingerprint density at radius 3 is 2.43 bits per heavy atom. The van der Waals surface area contributed by atoms with E-state index in [1.54, 1.807) is 43.1 Å². The summed E-state index contributed by atoms with van der Waals surface area (Å²) in [4.78, 5) is 30.4. The summed E-state index contributed by atoms with van der Waals surface area (Å²) in [6.45, 7) is 3.97. The van der Waals surface area contributed by atoms with Crippen LogP contribution in [-0.2, 0) is 26.0 Å². The second-order valence-electron chi connectivity index (χ2n) is 7.03. The normalized spacial score (nSPS) is 12.4. The Bertz CT molecular complexity index is 993. The molecule has 1 atom stereocenters. The van der Waals surface area contributed by atoms with Crippen molar-refractivity contribution in [3.8, 4) is 0 Å². The van der Waals surface area contributed by atoms with E-state index in [4.69, 9.17) is 5.14 Å². The fourth-order valence-corrected chi connectivity index (χ4v) is 3.20. The molecule has 0 aliphatic rings. The summed E-state index contributed by atoms with van der Waals surface area (Å²) in [5.41, 5.74) is 1.67. The second-order valence-corrected chi connectivity index (χ2v) is 8.59. The topological polar surface area (TPSA) is 134 Å². The van der Waals surface area contributed by atoms with Gasteiger partial charge in [0.15, 0.2) is 0 Å². The van der Waals surface area contributed by atoms with E-state index in [2.05, 4.69) is 15.6 Å². The Balaban J connectivity index is 1.78. The summed E-state index contributed by atoms with van der Waals surface area (Å²) in [5, 5.41) is 10.6. The Labute approximate surface area is 176 Å². The summed E-state index contributed by atoms with van der Waals surface area (Å²) in [6, 6.07) is 11.0. The van der Waals surface area contributed by atoms with Crippen LogP contribution in [0, 0.1) is 6.92 Å². The van der Waals surface area contributed by atoms with Crippen LogP contribution in [0.15, 0.2) is 47.4 Å². The smallest absolute Gasteiger partial charge is 0.239 e. The van der Waals surface area contributed by atoms with Crippen molar-refractivity contribution < 1.29 is 18.0 Å². The zero-order valence-electron chi connectivity index (χ0n) is 17.3. The van der Waals surface area contributed by atoms with Crippen LogP contribution in [0.1, 0.15) is 18.2 Å². The molecule has 9 nitrogen and oxygen atoms in total. The molecule has 1 aromatic heterocycles. The largest absolute Gasteiger partial charge is 0.354 e. The van der Waals surface area contributed by atoms with Crippen LogP contribution in [0.5, 0.6) is 0 Å². The van der Waals surface area contributed by atoms with Gasteiger partial charge in [0.1, 0.15) is 5.82 Å². The molecule has 0 saturated heterocycles. The molecule has 1 aromatic carbocycles. The van der Waals surface area contributed by atoms with E-state index < -0.39 is 16.1 Å². The molecule has 10 heteroatoms. The molecule has 0 spiro atoms. The molecule has 0 radical (unpaired) electrons. The molecular formula is C20H27N5O4S. The number of primary sulfonamides is 1. The number of nitrogens with zero attached hydrogens (tertiary/aromatic N) is 2. The van der Waals surface area contributed by atoms with Gasteiger partial charge in [0.05, 0.1) is 17.5 Å². The third-order valence-corrected chi connectivity index (χ3v) is 5.48. The highest BCUT2D eigenvalue weighted by atomic mass is 32.2. The quantitative estimate of drug-likeness (QED) is 0.532. The number of sulfonamides is 1. The Morgan fingerprint density at radius 1 is 1.17 bits per heavy atom. The summed E-state index contributed by atoms with van der Waals surface area (Å²) < 4.78 is 22.5. The summed E-state index contributed by atoms with van der Waals surface area (Å²) in [7, 11) is -2.02. The van der Waals surface area contributed by atoms with E-state index in [0.29, 0.717) is 18.8 Å². The van der Waals surface area contributed by atoms with Crippen molar-refractivity contribution in [3.05, 3.63) is 53.7 Å². The van der Waals surface area contributed by atoms with Crippen LogP contribution in [0.2, 0.25) is 0 Å². The van der Waals surface area contributed by atoms with Gasteiger partial charge in [-0.1, -0.05) is 18.2 Å². The van der Waals surface area contributed by atoms with Gasteiger partial charge < -0.3 is 10.6 Å². The molecule has 0 fully saturated rings. The fourth-order valence-electron chi connectivity index (χ4n) is 2.68. The number of carbonyl (C=O) groups is 2. The molecule has 1 unspecified atom stereocenters. The third-order valence-electron chi connectivity index (χ3n) is 4.55. The van der Waals surface area contributed by atoms with E-state index >= 15 is 0 Å². The Hall–Kier alpha value is -2.82. The van der Waals surface area contributed by atoms with E-state index in [9.17, 15) is 18.0 Å². The fraction of sp³-hybridized carbons (Fsp3) is 0.350. The van der Waals surface area contributed by atoms with Crippen molar-refractivity contribution in [2.24, 2.45) is 5.14 Å². The molecule has 2 amide bonds. The predicted octanol–water partition coefficient (Wildman–Crippen LogP) is 0.655. The van der Waals surface area contributed by atoms with Crippen LogP contribution in [0.25, 0.3) is 0 Å².